The van der Waals surface area contributed by atoms with Gasteiger partial charge in [-0.2, -0.15) is 23.4 Å². The number of alkyl halides is 3. The number of hydrogen-bond donors (Lipinski definition) is 0. The summed E-state index contributed by atoms with van der Waals surface area (Å²) in [6, 6.07) is 0.181. The van der Waals surface area contributed by atoms with E-state index in [4.69, 9.17) is 5.10 Å². The first-order chi connectivity index (χ1) is 17.1. The molecule has 5 heterocycles. The summed E-state index contributed by atoms with van der Waals surface area (Å²) in [5.41, 5.74) is 3.69. The van der Waals surface area contributed by atoms with E-state index >= 15 is 0 Å². The Morgan fingerprint density at radius 3 is 2.50 bits per heavy atom. The first-order valence-corrected chi connectivity index (χ1v) is 11.9. The summed E-state index contributed by atoms with van der Waals surface area (Å²) in [6.45, 7) is 11.6. The van der Waals surface area contributed by atoms with E-state index in [9.17, 15) is 13.2 Å². The average molecular weight is 500 g/mol. The molecule has 0 bridgehead atoms. The van der Waals surface area contributed by atoms with Crippen molar-refractivity contribution in [2.75, 3.05) is 11.4 Å². The van der Waals surface area contributed by atoms with Crippen molar-refractivity contribution in [1.82, 2.24) is 39.1 Å². The van der Waals surface area contributed by atoms with Crippen LogP contribution < -0.4 is 4.90 Å². The molecule has 1 aliphatic heterocycles. The van der Waals surface area contributed by atoms with Gasteiger partial charge in [0, 0.05) is 36.5 Å². The number of nitrogens with zero attached hydrogens (tertiary/aromatic N) is 9. The van der Waals surface area contributed by atoms with Gasteiger partial charge in [-0.3, -0.25) is 0 Å². The first kappa shape index (κ1) is 24.0. The van der Waals surface area contributed by atoms with Crippen molar-refractivity contribution in [3.63, 3.8) is 0 Å². The van der Waals surface area contributed by atoms with E-state index in [1.54, 1.807) is 13.1 Å². The summed E-state index contributed by atoms with van der Waals surface area (Å²) >= 11 is 0. The molecule has 1 aliphatic rings. The highest BCUT2D eigenvalue weighted by molar-refractivity contribution is 5.52. The van der Waals surface area contributed by atoms with E-state index in [2.05, 4.69) is 38.8 Å². The molecule has 0 saturated carbocycles. The summed E-state index contributed by atoms with van der Waals surface area (Å²) in [5.74, 6) is 1.75. The van der Waals surface area contributed by atoms with Gasteiger partial charge in [-0.25, -0.2) is 24.3 Å². The lowest BCUT2D eigenvalue weighted by Crippen LogP contribution is -2.32. The van der Waals surface area contributed by atoms with Crippen LogP contribution in [-0.2, 0) is 25.7 Å². The van der Waals surface area contributed by atoms with Crippen molar-refractivity contribution in [2.24, 2.45) is 0 Å². The fourth-order valence-electron chi connectivity index (χ4n) is 4.65. The van der Waals surface area contributed by atoms with Crippen LogP contribution in [0.4, 0.5) is 19.0 Å². The number of halogens is 3. The molecule has 9 nitrogen and oxygen atoms in total. The quantitative estimate of drug-likeness (QED) is 0.402. The smallest absolute Gasteiger partial charge is 0.349 e. The Kier molecular flexibility index (Phi) is 5.84. The normalized spacial score (nSPS) is 14.1. The lowest BCUT2D eigenvalue weighted by molar-refractivity contribution is -0.140. The van der Waals surface area contributed by atoms with Gasteiger partial charge < -0.3 is 9.47 Å². The fraction of sp³-hybridized carbons (Fsp3) is 0.458. The highest BCUT2D eigenvalue weighted by Crippen LogP contribution is 2.32. The second-order valence-electron chi connectivity index (χ2n) is 9.28. The zero-order chi connectivity index (χ0) is 25.8. The standard InChI is InChI=1S/C24H28F3N9/c1-6-33-13-20(24(25,26)27)31-22(33)18-10-29-21(11-28-18)34-8-7-17-16(5)32-36(19(17)12-34)23-15(4)9-30-35(23)14(2)3/h9-11,13-14H,6-8,12H2,1-5H3. The second-order valence-corrected chi connectivity index (χ2v) is 9.28. The molecule has 36 heavy (non-hydrogen) atoms. The summed E-state index contributed by atoms with van der Waals surface area (Å²) < 4.78 is 44.9. The van der Waals surface area contributed by atoms with Gasteiger partial charge in [0.05, 0.1) is 36.5 Å². The molecular formula is C24H28F3N9. The molecule has 0 fully saturated rings. The molecule has 0 saturated heterocycles. The Balaban J connectivity index is 1.45. The van der Waals surface area contributed by atoms with E-state index < -0.39 is 11.9 Å². The van der Waals surface area contributed by atoms with Crippen LogP contribution >= 0.6 is 0 Å². The third-order valence-corrected chi connectivity index (χ3v) is 6.50. The van der Waals surface area contributed by atoms with Crippen LogP contribution in [0.15, 0.2) is 24.8 Å². The Hall–Kier alpha value is -3.70. The molecule has 4 aromatic heterocycles. The number of aromatic nitrogens is 8. The maximum Gasteiger partial charge on any atom is 0.434 e. The fourth-order valence-corrected chi connectivity index (χ4v) is 4.65. The van der Waals surface area contributed by atoms with E-state index in [0.29, 0.717) is 24.6 Å². The number of aryl methyl sites for hydroxylation is 3. The highest BCUT2D eigenvalue weighted by Gasteiger charge is 2.35. The molecule has 5 rings (SSSR count). The largest absolute Gasteiger partial charge is 0.434 e. The van der Waals surface area contributed by atoms with Crippen molar-refractivity contribution in [3.05, 3.63) is 53.0 Å². The minimum atomic E-state index is -4.52. The Bertz CT molecular complexity index is 1390. The molecule has 0 aromatic carbocycles. The van der Waals surface area contributed by atoms with Crippen molar-refractivity contribution in [2.45, 2.75) is 66.3 Å². The molecular weight excluding hydrogens is 471 g/mol. The lowest BCUT2D eigenvalue weighted by Gasteiger charge is -2.29. The third kappa shape index (κ3) is 4.03. The van der Waals surface area contributed by atoms with Crippen LogP contribution in [0, 0.1) is 13.8 Å². The molecule has 0 radical (unpaired) electrons. The molecule has 4 aromatic rings. The van der Waals surface area contributed by atoms with Crippen LogP contribution in [0.3, 0.4) is 0 Å². The predicted molar refractivity (Wildman–Crippen MR) is 128 cm³/mol. The van der Waals surface area contributed by atoms with Gasteiger partial charge in [-0.05, 0) is 41.0 Å². The lowest BCUT2D eigenvalue weighted by atomic mass is 10.0. The Labute approximate surface area is 206 Å². The summed E-state index contributed by atoms with van der Waals surface area (Å²) in [6.07, 6.45) is 2.23. The van der Waals surface area contributed by atoms with Gasteiger partial charge in [0.25, 0.3) is 0 Å². The minimum absolute atomic E-state index is 0.149. The van der Waals surface area contributed by atoms with E-state index in [1.807, 2.05) is 29.4 Å². The van der Waals surface area contributed by atoms with Gasteiger partial charge in [0.2, 0.25) is 0 Å². The van der Waals surface area contributed by atoms with Crippen molar-refractivity contribution in [3.8, 4) is 17.3 Å². The molecule has 0 spiro atoms. The van der Waals surface area contributed by atoms with E-state index in [-0.39, 0.29) is 11.9 Å². The van der Waals surface area contributed by atoms with E-state index in [1.165, 1.54) is 16.3 Å². The monoisotopic (exact) mass is 499 g/mol. The van der Waals surface area contributed by atoms with Crippen LogP contribution in [0.25, 0.3) is 17.3 Å². The number of imidazole rings is 1. The number of anilines is 1. The van der Waals surface area contributed by atoms with E-state index in [0.717, 1.165) is 41.9 Å². The van der Waals surface area contributed by atoms with Gasteiger partial charge in [0.1, 0.15) is 11.5 Å². The topological polar surface area (TPSA) is 82.5 Å². The minimum Gasteiger partial charge on any atom is -0.349 e. The summed E-state index contributed by atoms with van der Waals surface area (Å²) in [5, 5.41) is 9.39. The number of fused-ring (bicyclic) bond motifs is 1. The second kappa shape index (κ2) is 8.75. The molecule has 0 N–H and O–H groups in total. The van der Waals surface area contributed by atoms with Gasteiger partial charge >= 0.3 is 6.18 Å². The first-order valence-electron chi connectivity index (χ1n) is 11.9. The molecule has 190 valence electrons. The molecule has 0 amide bonds. The number of hydrogen-bond acceptors (Lipinski definition) is 6. The molecule has 12 heteroatoms. The number of rotatable bonds is 5. The summed E-state index contributed by atoms with van der Waals surface area (Å²) in [4.78, 5) is 14.8. The van der Waals surface area contributed by atoms with Crippen LogP contribution in [0.2, 0.25) is 0 Å². The van der Waals surface area contributed by atoms with Crippen molar-refractivity contribution >= 4 is 5.82 Å². The van der Waals surface area contributed by atoms with Crippen LogP contribution in [0.1, 0.15) is 55.0 Å². The average Bonchev–Trinajstić information content (AvgIpc) is 3.54. The van der Waals surface area contributed by atoms with Crippen LogP contribution in [0.5, 0.6) is 0 Å². The zero-order valence-corrected chi connectivity index (χ0v) is 20.9. The SMILES string of the molecule is CCn1cc(C(F)(F)F)nc1-c1cnc(N2CCc3c(C)nn(-c4c(C)cnn4C(C)C)c3C2)cn1. The van der Waals surface area contributed by atoms with Crippen LogP contribution in [-0.4, -0.2) is 45.6 Å². The van der Waals surface area contributed by atoms with Gasteiger partial charge in [-0.15, -0.1) is 0 Å². The van der Waals surface area contributed by atoms with Crippen molar-refractivity contribution < 1.29 is 13.2 Å². The van der Waals surface area contributed by atoms with Crippen molar-refractivity contribution in [1.29, 1.82) is 0 Å². The molecule has 0 unspecified atom stereocenters. The third-order valence-electron chi connectivity index (χ3n) is 6.50. The van der Waals surface area contributed by atoms with Gasteiger partial charge in [-0.1, -0.05) is 0 Å². The zero-order valence-electron chi connectivity index (χ0n) is 20.9. The Morgan fingerprint density at radius 1 is 1.08 bits per heavy atom. The Morgan fingerprint density at radius 2 is 1.86 bits per heavy atom. The predicted octanol–water partition coefficient (Wildman–Crippen LogP) is 4.52. The molecule has 0 atom stereocenters. The highest BCUT2D eigenvalue weighted by atomic mass is 19.4. The van der Waals surface area contributed by atoms with Gasteiger partial charge in [0.15, 0.2) is 17.3 Å². The maximum atomic E-state index is 13.2. The maximum absolute atomic E-state index is 13.2. The molecule has 0 aliphatic carbocycles. The summed E-state index contributed by atoms with van der Waals surface area (Å²) in [7, 11) is 0.